The average molecular weight is 287 g/mol. The van der Waals surface area contributed by atoms with Gasteiger partial charge in [-0.3, -0.25) is 10.1 Å². The Balaban J connectivity index is 2.14. The molecular formula is C15H17N3O3. The summed E-state index contributed by atoms with van der Waals surface area (Å²) in [5, 5.41) is 14.0. The lowest BCUT2D eigenvalue weighted by molar-refractivity contribution is -0.385. The molecule has 0 saturated carbocycles. The second kappa shape index (κ2) is 6.71. The molecule has 110 valence electrons. The smallest absolute Gasteiger partial charge is 0.272 e. The first-order valence-electron chi connectivity index (χ1n) is 6.55. The third-order valence-corrected chi connectivity index (χ3v) is 2.90. The van der Waals surface area contributed by atoms with Crippen molar-refractivity contribution < 1.29 is 9.66 Å². The Bertz CT molecular complexity index is 644. The zero-order chi connectivity index (χ0) is 15.2. The van der Waals surface area contributed by atoms with Crippen LogP contribution in [0.5, 0.6) is 5.75 Å². The molecule has 0 saturated heterocycles. The molecule has 0 atom stereocenters. The van der Waals surface area contributed by atoms with E-state index in [1.807, 2.05) is 24.3 Å². The summed E-state index contributed by atoms with van der Waals surface area (Å²) in [4.78, 5) is 10.4. The number of hydrogen-bond acceptors (Lipinski definition) is 5. The van der Waals surface area contributed by atoms with Gasteiger partial charge in [0.15, 0.2) is 0 Å². The maximum atomic E-state index is 10.8. The second-order valence-corrected chi connectivity index (χ2v) is 4.55. The summed E-state index contributed by atoms with van der Waals surface area (Å²) in [5.74, 6) is 0.726. The number of aryl methyl sites for hydroxylation is 1. The van der Waals surface area contributed by atoms with Crippen molar-refractivity contribution in [1.29, 1.82) is 0 Å². The number of hydrogen-bond donors (Lipinski definition) is 2. The molecule has 6 nitrogen and oxygen atoms in total. The third kappa shape index (κ3) is 3.93. The summed E-state index contributed by atoms with van der Waals surface area (Å²) >= 11 is 0. The van der Waals surface area contributed by atoms with E-state index < -0.39 is 0 Å². The lowest BCUT2D eigenvalue weighted by Crippen LogP contribution is -2.10. The van der Waals surface area contributed by atoms with Crippen LogP contribution in [0.15, 0.2) is 42.5 Å². The molecule has 2 rings (SSSR count). The Hall–Kier alpha value is -2.60. The fourth-order valence-corrected chi connectivity index (χ4v) is 1.95. The summed E-state index contributed by atoms with van der Waals surface area (Å²) in [5.41, 5.74) is 7.75. The van der Waals surface area contributed by atoms with Crippen molar-refractivity contribution >= 4 is 17.1 Å². The molecule has 0 radical (unpaired) electrons. The van der Waals surface area contributed by atoms with E-state index >= 15 is 0 Å². The van der Waals surface area contributed by atoms with Gasteiger partial charge in [0.25, 0.3) is 5.69 Å². The molecule has 0 aromatic heterocycles. The monoisotopic (exact) mass is 287 g/mol. The van der Waals surface area contributed by atoms with E-state index in [4.69, 9.17) is 10.5 Å². The van der Waals surface area contributed by atoms with Crippen LogP contribution in [0.25, 0.3) is 0 Å². The van der Waals surface area contributed by atoms with Crippen molar-refractivity contribution in [2.75, 3.05) is 18.5 Å². The second-order valence-electron chi connectivity index (χ2n) is 4.55. The fourth-order valence-electron chi connectivity index (χ4n) is 1.95. The van der Waals surface area contributed by atoms with Crippen LogP contribution in [0.2, 0.25) is 0 Å². The molecule has 21 heavy (non-hydrogen) atoms. The molecule has 0 aliphatic heterocycles. The largest absolute Gasteiger partial charge is 0.492 e. The van der Waals surface area contributed by atoms with Crippen molar-refractivity contribution in [2.24, 2.45) is 5.73 Å². The Morgan fingerprint density at radius 3 is 2.67 bits per heavy atom. The van der Waals surface area contributed by atoms with Gasteiger partial charge in [-0.2, -0.15) is 0 Å². The van der Waals surface area contributed by atoms with Crippen LogP contribution in [0.3, 0.4) is 0 Å². The van der Waals surface area contributed by atoms with Crippen LogP contribution in [0.1, 0.15) is 5.56 Å². The van der Waals surface area contributed by atoms with Gasteiger partial charge in [0, 0.05) is 35.6 Å². The van der Waals surface area contributed by atoms with Crippen molar-refractivity contribution in [3.8, 4) is 5.75 Å². The van der Waals surface area contributed by atoms with Gasteiger partial charge in [-0.1, -0.05) is 6.07 Å². The van der Waals surface area contributed by atoms with Crippen LogP contribution < -0.4 is 15.8 Å². The van der Waals surface area contributed by atoms with E-state index in [0.29, 0.717) is 18.7 Å². The molecular weight excluding hydrogens is 270 g/mol. The third-order valence-electron chi connectivity index (χ3n) is 2.90. The number of nitro benzene ring substituents is 1. The van der Waals surface area contributed by atoms with Crippen molar-refractivity contribution in [2.45, 2.75) is 6.92 Å². The highest BCUT2D eigenvalue weighted by Gasteiger charge is 2.10. The van der Waals surface area contributed by atoms with Gasteiger partial charge in [-0.05, 0) is 31.2 Å². The first-order valence-corrected chi connectivity index (χ1v) is 6.55. The standard InChI is InChI=1S/C15H17N3O3/c1-11-9-13(5-6-15(11)18(19)20)17-12-3-2-4-14(10-12)21-8-7-16/h2-6,9-10,17H,7-8,16H2,1H3. The predicted octanol–water partition coefficient (Wildman–Crippen LogP) is 2.98. The fraction of sp³-hybridized carbons (Fsp3) is 0.200. The topological polar surface area (TPSA) is 90.4 Å². The first-order chi connectivity index (χ1) is 10.1. The van der Waals surface area contributed by atoms with Crippen molar-refractivity contribution in [3.63, 3.8) is 0 Å². The molecule has 6 heteroatoms. The van der Waals surface area contributed by atoms with E-state index in [-0.39, 0.29) is 10.6 Å². The maximum Gasteiger partial charge on any atom is 0.272 e. The van der Waals surface area contributed by atoms with Crippen molar-refractivity contribution in [1.82, 2.24) is 0 Å². The molecule has 0 fully saturated rings. The Morgan fingerprint density at radius 2 is 2.00 bits per heavy atom. The number of anilines is 2. The highest BCUT2D eigenvalue weighted by atomic mass is 16.6. The quantitative estimate of drug-likeness (QED) is 0.629. The Kier molecular flexibility index (Phi) is 4.73. The number of nitrogens with zero attached hydrogens (tertiary/aromatic N) is 1. The van der Waals surface area contributed by atoms with Crippen LogP contribution in [-0.2, 0) is 0 Å². The molecule has 0 aliphatic rings. The zero-order valence-electron chi connectivity index (χ0n) is 11.7. The zero-order valence-corrected chi connectivity index (χ0v) is 11.7. The van der Waals surface area contributed by atoms with E-state index in [2.05, 4.69) is 5.32 Å². The lowest BCUT2D eigenvalue weighted by atomic mass is 10.1. The molecule has 0 amide bonds. The van der Waals surface area contributed by atoms with Crippen LogP contribution in [-0.4, -0.2) is 18.1 Å². The highest BCUT2D eigenvalue weighted by molar-refractivity contribution is 5.64. The number of nitrogens with two attached hydrogens (primary N) is 1. The van der Waals surface area contributed by atoms with Crippen LogP contribution >= 0.6 is 0 Å². The van der Waals surface area contributed by atoms with Crippen LogP contribution in [0, 0.1) is 17.0 Å². The van der Waals surface area contributed by atoms with E-state index in [9.17, 15) is 10.1 Å². The summed E-state index contributed by atoms with van der Waals surface area (Å²) in [6.07, 6.45) is 0. The normalized spacial score (nSPS) is 10.2. The van der Waals surface area contributed by atoms with E-state index in [1.165, 1.54) is 6.07 Å². The number of benzene rings is 2. The van der Waals surface area contributed by atoms with E-state index in [1.54, 1.807) is 19.1 Å². The molecule has 0 spiro atoms. The maximum absolute atomic E-state index is 10.8. The van der Waals surface area contributed by atoms with Gasteiger partial charge in [0.1, 0.15) is 12.4 Å². The highest BCUT2D eigenvalue weighted by Crippen LogP contribution is 2.25. The molecule has 0 heterocycles. The summed E-state index contributed by atoms with van der Waals surface area (Å²) in [6.45, 7) is 2.63. The SMILES string of the molecule is Cc1cc(Nc2cccc(OCCN)c2)ccc1[N+](=O)[O-]. The Morgan fingerprint density at radius 1 is 1.24 bits per heavy atom. The summed E-state index contributed by atoms with van der Waals surface area (Å²) in [6, 6.07) is 12.4. The summed E-state index contributed by atoms with van der Waals surface area (Å²) < 4.78 is 5.45. The van der Waals surface area contributed by atoms with Gasteiger partial charge in [-0.15, -0.1) is 0 Å². The van der Waals surface area contributed by atoms with Gasteiger partial charge in [0.05, 0.1) is 4.92 Å². The molecule has 3 N–H and O–H groups in total. The number of ether oxygens (including phenoxy) is 1. The minimum atomic E-state index is -0.388. The summed E-state index contributed by atoms with van der Waals surface area (Å²) in [7, 11) is 0. The van der Waals surface area contributed by atoms with Gasteiger partial charge >= 0.3 is 0 Å². The minimum absolute atomic E-state index is 0.112. The minimum Gasteiger partial charge on any atom is -0.492 e. The van der Waals surface area contributed by atoms with Gasteiger partial charge in [-0.25, -0.2) is 0 Å². The number of rotatable bonds is 6. The van der Waals surface area contributed by atoms with Gasteiger partial charge in [0.2, 0.25) is 0 Å². The molecule has 0 bridgehead atoms. The molecule has 0 unspecified atom stereocenters. The average Bonchev–Trinajstić information content (AvgIpc) is 2.45. The van der Waals surface area contributed by atoms with Crippen molar-refractivity contribution in [3.05, 3.63) is 58.1 Å². The van der Waals surface area contributed by atoms with Crippen LogP contribution in [0.4, 0.5) is 17.1 Å². The molecule has 2 aromatic carbocycles. The number of nitro groups is 1. The predicted molar refractivity (Wildman–Crippen MR) is 82.1 cm³/mol. The lowest BCUT2D eigenvalue weighted by Gasteiger charge is -2.10. The number of nitrogens with one attached hydrogen (secondary N) is 1. The first kappa shape index (κ1) is 14.8. The molecule has 2 aromatic rings. The van der Waals surface area contributed by atoms with E-state index in [0.717, 1.165) is 17.1 Å². The van der Waals surface area contributed by atoms with Gasteiger partial charge < -0.3 is 15.8 Å². The molecule has 0 aliphatic carbocycles. The Labute approximate surface area is 122 Å².